The van der Waals surface area contributed by atoms with Gasteiger partial charge in [0.25, 0.3) is 0 Å². The molecule has 1 fully saturated rings. The Morgan fingerprint density at radius 1 is 1.50 bits per heavy atom. The number of carbonyl (C=O) groups is 1. The Hall–Kier alpha value is -1.42. The maximum Gasteiger partial charge on any atom is 0.216 e. The summed E-state index contributed by atoms with van der Waals surface area (Å²) in [4.78, 5) is 13.5. The maximum atomic E-state index is 13.2. The zero-order valence-corrected chi connectivity index (χ0v) is 13.6. The summed E-state index contributed by atoms with van der Waals surface area (Å²) < 4.78 is 13.2. The van der Waals surface area contributed by atoms with E-state index in [2.05, 4.69) is 17.1 Å². The van der Waals surface area contributed by atoms with Crippen molar-refractivity contribution in [1.29, 1.82) is 0 Å². The molecule has 1 aromatic carbocycles. The van der Waals surface area contributed by atoms with Gasteiger partial charge in [-0.1, -0.05) is 12.1 Å². The molecule has 1 saturated heterocycles. The third-order valence-electron chi connectivity index (χ3n) is 4.55. The van der Waals surface area contributed by atoms with E-state index in [1.165, 1.54) is 18.9 Å². The molecule has 0 bridgehead atoms. The smallest absolute Gasteiger partial charge is 0.216 e. The SMILES string of the molecule is CC(=O)NC[C@@H]1CCCN([C@@H](C)CCc2cccc(F)c2)C1. The van der Waals surface area contributed by atoms with Gasteiger partial charge >= 0.3 is 0 Å². The summed E-state index contributed by atoms with van der Waals surface area (Å²) in [7, 11) is 0. The Balaban J connectivity index is 1.78. The molecule has 0 saturated carbocycles. The molecule has 1 aliphatic heterocycles. The van der Waals surface area contributed by atoms with Gasteiger partial charge < -0.3 is 10.2 Å². The van der Waals surface area contributed by atoms with Gasteiger partial charge in [0.2, 0.25) is 5.91 Å². The van der Waals surface area contributed by atoms with Crippen molar-refractivity contribution in [2.45, 2.75) is 45.6 Å². The zero-order chi connectivity index (χ0) is 15.9. The summed E-state index contributed by atoms with van der Waals surface area (Å²) in [6, 6.07) is 7.38. The average molecular weight is 306 g/mol. The molecule has 0 aromatic heterocycles. The largest absolute Gasteiger partial charge is 0.356 e. The second-order valence-electron chi connectivity index (χ2n) is 6.46. The van der Waals surface area contributed by atoms with E-state index in [1.54, 1.807) is 19.1 Å². The predicted molar refractivity (Wildman–Crippen MR) is 87.2 cm³/mol. The first kappa shape index (κ1) is 16.9. The van der Waals surface area contributed by atoms with Gasteiger partial charge in [-0.2, -0.15) is 0 Å². The first-order valence-electron chi connectivity index (χ1n) is 8.27. The fraction of sp³-hybridized carbons (Fsp3) is 0.611. The van der Waals surface area contributed by atoms with E-state index < -0.39 is 0 Å². The van der Waals surface area contributed by atoms with E-state index in [9.17, 15) is 9.18 Å². The molecule has 4 heteroatoms. The van der Waals surface area contributed by atoms with Crippen molar-refractivity contribution in [3.8, 4) is 0 Å². The lowest BCUT2D eigenvalue weighted by molar-refractivity contribution is -0.119. The van der Waals surface area contributed by atoms with E-state index in [1.807, 2.05) is 6.07 Å². The quantitative estimate of drug-likeness (QED) is 0.876. The van der Waals surface area contributed by atoms with Crippen molar-refractivity contribution in [2.75, 3.05) is 19.6 Å². The van der Waals surface area contributed by atoms with Crippen LogP contribution in [0.4, 0.5) is 4.39 Å². The number of nitrogens with one attached hydrogen (secondary N) is 1. The Bertz CT molecular complexity index is 492. The third kappa shape index (κ3) is 5.41. The first-order chi connectivity index (χ1) is 10.5. The standard InChI is InChI=1S/C18H27FN2O/c1-14(8-9-16-5-3-7-18(19)11-16)21-10-4-6-17(13-21)12-20-15(2)22/h3,5,7,11,14,17H,4,6,8-10,12-13H2,1-2H3,(H,20,22)/t14-,17-/m0/s1. The fourth-order valence-corrected chi connectivity index (χ4v) is 3.20. The molecule has 1 heterocycles. The van der Waals surface area contributed by atoms with E-state index in [-0.39, 0.29) is 11.7 Å². The molecule has 0 aliphatic carbocycles. The summed E-state index contributed by atoms with van der Waals surface area (Å²) in [5, 5.41) is 2.93. The molecular formula is C18H27FN2O. The molecule has 1 amide bonds. The van der Waals surface area contributed by atoms with Gasteiger partial charge in [0.05, 0.1) is 0 Å². The van der Waals surface area contributed by atoms with Crippen molar-refractivity contribution >= 4 is 5.91 Å². The zero-order valence-electron chi connectivity index (χ0n) is 13.6. The Morgan fingerprint density at radius 2 is 2.32 bits per heavy atom. The number of piperidine rings is 1. The van der Waals surface area contributed by atoms with Crippen LogP contribution in [0.3, 0.4) is 0 Å². The lowest BCUT2D eigenvalue weighted by atomic mass is 9.95. The van der Waals surface area contributed by atoms with Gasteiger partial charge in [-0.25, -0.2) is 4.39 Å². The van der Waals surface area contributed by atoms with Crippen molar-refractivity contribution in [3.05, 3.63) is 35.6 Å². The lowest BCUT2D eigenvalue weighted by Crippen LogP contribution is -2.44. The molecule has 0 unspecified atom stereocenters. The van der Waals surface area contributed by atoms with E-state index in [0.717, 1.165) is 38.0 Å². The normalized spacial score (nSPS) is 20.6. The molecule has 1 aliphatic rings. The minimum absolute atomic E-state index is 0.0521. The van der Waals surface area contributed by atoms with Crippen molar-refractivity contribution < 1.29 is 9.18 Å². The van der Waals surface area contributed by atoms with E-state index >= 15 is 0 Å². The minimum Gasteiger partial charge on any atom is -0.356 e. The second-order valence-corrected chi connectivity index (χ2v) is 6.46. The van der Waals surface area contributed by atoms with E-state index in [4.69, 9.17) is 0 Å². The van der Waals surface area contributed by atoms with Crippen LogP contribution in [0.2, 0.25) is 0 Å². The fourth-order valence-electron chi connectivity index (χ4n) is 3.20. The molecule has 2 atom stereocenters. The highest BCUT2D eigenvalue weighted by Crippen LogP contribution is 2.20. The highest BCUT2D eigenvalue weighted by Gasteiger charge is 2.23. The van der Waals surface area contributed by atoms with Crippen LogP contribution in [0.5, 0.6) is 0 Å². The monoisotopic (exact) mass is 306 g/mol. The van der Waals surface area contributed by atoms with Crippen LogP contribution in [0, 0.1) is 11.7 Å². The van der Waals surface area contributed by atoms with Gasteiger partial charge in [-0.15, -0.1) is 0 Å². The first-order valence-corrected chi connectivity index (χ1v) is 8.27. The topological polar surface area (TPSA) is 32.3 Å². The predicted octanol–water partition coefficient (Wildman–Crippen LogP) is 2.99. The molecular weight excluding hydrogens is 279 g/mol. The average Bonchev–Trinajstić information content (AvgIpc) is 2.51. The van der Waals surface area contributed by atoms with Crippen LogP contribution in [0.25, 0.3) is 0 Å². The number of nitrogens with zero attached hydrogens (tertiary/aromatic N) is 1. The Labute approximate surface area is 132 Å². The van der Waals surface area contributed by atoms with Crippen LogP contribution in [0.1, 0.15) is 38.7 Å². The number of hydrogen-bond donors (Lipinski definition) is 1. The van der Waals surface area contributed by atoms with Crippen LogP contribution in [-0.4, -0.2) is 36.5 Å². The highest BCUT2D eigenvalue weighted by atomic mass is 19.1. The summed E-state index contributed by atoms with van der Waals surface area (Å²) in [6.45, 7) is 6.77. The lowest BCUT2D eigenvalue weighted by Gasteiger charge is -2.37. The summed E-state index contributed by atoms with van der Waals surface area (Å²) in [6.07, 6.45) is 4.32. The maximum absolute atomic E-state index is 13.2. The molecule has 1 N–H and O–H groups in total. The molecule has 1 aromatic rings. The van der Waals surface area contributed by atoms with Crippen molar-refractivity contribution in [3.63, 3.8) is 0 Å². The number of benzene rings is 1. The van der Waals surface area contributed by atoms with Crippen molar-refractivity contribution in [1.82, 2.24) is 10.2 Å². The van der Waals surface area contributed by atoms with Crippen LogP contribution in [-0.2, 0) is 11.2 Å². The van der Waals surface area contributed by atoms with Crippen LogP contribution < -0.4 is 5.32 Å². The van der Waals surface area contributed by atoms with E-state index in [0.29, 0.717) is 12.0 Å². The summed E-state index contributed by atoms with van der Waals surface area (Å²) in [5.74, 6) is 0.448. The number of amides is 1. The number of likely N-dealkylation sites (tertiary alicyclic amines) is 1. The summed E-state index contributed by atoms with van der Waals surface area (Å²) in [5.41, 5.74) is 1.07. The number of aryl methyl sites for hydroxylation is 1. The molecule has 22 heavy (non-hydrogen) atoms. The summed E-state index contributed by atoms with van der Waals surface area (Å²) >= 11 is 0. The molecule has 0 spiro atoms. The second kappa shape index (κ2) is 8.28. The van der Waals surface area contributed by atoms with Gasteiger partial charge in [0, 0.05) is 26.1 Å². The number of hydrogen-bond acceptors (Lipinski definition) is 2. The Kier molecular flexibility index (Phi) is 6.37. The minimum atomic E-state index is -0.154. The van der Waals surface area contributed by atoms with Gasteiger partial charge in [0.1, 0.15) is 5.82 Å². The molecule has 122 valence electrons. The molecule has 3 nitrogen and oxygen atoms in total. The molecule has 2 rings (SSSR count). The number of halogens is 1. The van der Waals surface area contributed by atoms with Gasteiger partial charge in [-0.3, -0.25) is 4.79 Å². The molecule has 0 radical (unpaired) electrons. The number of rotatable bonds is 6. The number of carbonyl (C=O) groups excluding carboxylic acids is 1. The third-order valence-corrected chi connectivity index (χ3v) is 4.55. The highest BCUT2D eigenvalue weighted by molar-refractivity contribution is 5.72. The van der Waals surface area contributed by atoms with Crippen LogP contribution in [0.15, 0.2) is 24.3 Å². The van der Waals surface area contributed by atoms with Crippen LogP contribution >= 0.6 is 0 Å². The van der Waals surface area contributed by atoms with Gasteiger partial charge in [-0.05, 0) is 62.8 Å². The van der Waals surface area contributed by atoms with Gasteiger partial charge in [0.15, 0.2) is 0 Å². The van der Waals surface area contributed by atoms with Crippen molar-refractivity contribution in [2.24, 2.45) is 5.92 Å². The Morgan fingerprint density at radius 3 is 3.05 bits per heavy atom.